The zero-order valence-electron chi connectivity index (χ0n) is 10.6. The van der Waals surface area contributed by atoms with E-state index in [-0.39, 0.29) is 5.60 Å². The van der Waals surface area contributed by atoms with E-state index in [2.05, 4.69) is 19.2 Å². The van der Waals surface area contributed by atoms with Crippen LogP contribution >= 0.6 is 0 Å². The van der Waals surface area contributed by atoms with Crippen molar-refractivity contribution in [2.75, 3.05) is 26.3 Å². The van der Waals surface area contributed by atoms with Crippen LogP contribution < -0.4 is 5.32 Å². The van der Waals surface area contributed by atoms with Gasteiger partial charge >= 0.3 is 0 Å². The molecule has 2 aliphatic rings. The van der Waals surface area contributed by atoms with Crippen LogP contribution in [0.2, 0.25) is 0 Å². The molecule has 1 N–H and O–H groups in total. The molecule has 0 saturated carbocycles. The standard InChI is InChI=1S/C13H25NO2/c1-3-13(4-2)10-14-8-12(16-13)11-6-5-7-15-9-11/h11-12,14H,3-10H2,1-2H3. The predicted octanol–water partition coefficient (Wildman–Crippen LogP) is 1.96. The van der Waals surface area contributed by atoms with Crippen molar-refractivity contribution in [2.24, 2.45) is 5.92 Å². The molecule has 0 aromatic carbocycles. The second kappa shape index (κ2) is 5.48. The van der Waals surface area contributed by atoms with Crippen LogP contribution in [0.15, 0.2) is 0 Å². The maximum absolute atomic E-state index is 6.37. The minimum atomic E-state index is 0.0698. The van der Waals surface area contributed by atoms with Crippen LogP contribution in [0, 0.1) is 5.92 Å². The van der Waals surface area contributed by atoms with Gasteiger partial charge in [0.1, 0.15) is 0 Å². The fourth-order valence-electron chi connectivity index (χ4n) is 2.84. The molecule has 0 amide bonds. The van der Waals surface area contributed by atoms with Gasteiger partial charge in [-0.1, -0.05) is 13.8 Å². The first kappa shape index (κ1) is 12.3. The number of nitrogens with one attached hydrogen (secondary N) is 1. The minimum Gasteiger partial charge on any atom is -0.381 e. The molecular formula is C13H25NO2. The van der Waals surface area contributed by atoms with Crippen molar-refractivity contribution in [1.29, 1.82) is 0 Å². The summed E-state index contributed by atoms with van der Waals surface area (Å²) in [5.74, 6) is 0.596. The summed E-state index contributed by atoms with van der Waals surface area (Å²) < 4.78 is 11.9. The average Bonchev–Trinajstić information content (AvgIpc) is 2.40. The summed E-state index contributed by atoms with van der Waals surface area (Å²) in [6.45, 7) is 8.27. The van der Waals surface area contributed by atoms with Crippen LogP contribution in [0.3, 0.4) is 0 Å². The summed E-state index contributed by atoms with van der Waals surface area (Å²) >= 11 is 0. The number of hydrogen-bond acceptors (Lipinski definition) is 3. The van der Waals surface area contributed by atoms with E-state index in [1.807, 2.05) is 0 Å². The van der Waals surface area contributed by atoms with Crippen molar-refractivity contribution in [3.05, 3.63) is 0 Å². The highest BCUT2D eigenvalue weighted by Gasteiger charge is 2.37. The summed E-state index contributed by atoms with van der Waals surface area (Å²) in [6.07, 6.45) is 5.00. The van der Waals surface area contributed by atoms with E-state index in [1.165, 1.54) is 12.8 Å². The summed E-state index contributed by atoms with van der Waals surface area (Å²) in [7, 11) is 0. The van der Waals surface area contributed by atoms with Gasteiger partial charge in [0, 0.05) is 25.6 Å². The molecule has 0 spiro atoms. The zero-order chi connectivity index (χ0) is 11.4. The van der Waals surface area contributed by atoms with Gasteiger partial charge in [-0.15, -0.1) is 0 Å². The van der Waals surface area contributed by atoms with Crippen molar-refractivity contribution in [1.82, 2.24) is 5.32 Å². The van der Waals surface area contributed by atoms with Crippen molar-refractivity contribution in [2.45, 2.75) is 51.2 Å². The Kier molecular flexibility index (Phi) is 4.22. The molecule has 2 aliphatic heterocycles. The molecule has 94 valence electrons. The molecule has 3 nitrogen and oxygen atoms in total. The molecule has 2 unspecified atom stereocenters. The summed E-state index contributed by atoms with van der Waals surface area (Å²) in [5, 5.41) is 3.54. The third-order valence-electron chi connectivity index (χ3n) is 4.20. The van der Waals surface area contributed by atoms with Crippen LogP contribution in [0.5, 0.6) is 0 Å². The third-order valence-corrected chi connectivity index (χ3v) is 4.20. The van der Waals surface area contributed by atoms with Gasteiger partial charge in [-0.2, -0.15) is 0 Å². The Morgan fingerprint density at radius 2 is 2.12 bits per heavy atom. The van der Waals surface area contributed by atoms with E-state index in [9.17, 15) is 0 Å². The highest BCUT2D eigenvalue weighted by atomic mass is 16.5. The third kappa shape index (κ3) is 2.58. The lowest BCUT2D eigenvalue weighted by Gasteiger charge is -2.44. The first-order valence-corrected chi connectivity index (χ1v) is 6.76. The molecule has 2 fully saturated rings. The van der Waals surface area contributed by atoms with Gasteiger partial charge in [-0.05, 0) is 25.7 Å². The number of morpholine rings is 1. The van der Waals surface area contributed by atoms with Crippen LogP contribution in [0.4, 0.5) is 0 Å². The smallest absolute Gasteiger partial charge is 0.0805 e. The Hall–Kier alpha value is -0.120. The van der Waals surface area contributed by atoms with Crippen LogP contribution in [-0.2, 0) is 9.47 Å². The molecule has 2 atom stereocenters. The lowest BCUT2D eigenvalue weighted by molar-refractivity contribution is -0.154. The molecule has 0 aliphatic carbocycles. The van der Waals surface area contributed by atoms with Gasteiger partial charge in [-0.25, -0.2) is 0 Å². The zero-order valence-corrected chi connectivity index (χ0v) is 10.6. The molecule has 2 rings (SSSR count). The van der Waals surface area contributed by atoms with Crippen molar-refractivity contribution < 1.29 is 9.47 Å². The Morgan fingerprint density at radius 1 is 1.31 bits per heavy atom. The molecule has 2 saturated heterocycles. The molecule has 16 heavy (non-hydrogen) atoms. The molecule has 0 bridgehead atoms. The maximum Gasteiger partial charge on any atom is 0.0805 e. The van der Waals surface area contributed by atoms with Crippen molar-refractivity contribution in [3.8, 4) is 0 Å². The Balaban J connectivity index is 1.94. The summed E-state index contributed by atoms with van der Waals surface area (Å²) in [6, 6.07) is 0. The molecule has 3 heteroatoms. The van der Waals surface area contributed by atoms with E-state index < -0.39 is 0 Å². The quantitative estimate of drug-likeness (QED) is 0.799. The largest absolute Gasteiger partial charge is 0.381 e. The summed E-state index contributed by atoms with van der Waals surface area (Å²) in [5.41, 5.74) is 0.0698. The topological polar surface area (TPSA) is 30.5 Å². The van der Waals surface area contributed by atoms with Gasteiger partial charge < -0.3 is 14.8 Å². The van der Waals surface area contributed by atoms with E-state index in [4.69, 9.17) is 9.47 Å². The Bertz CT molecular complexity index is 210. The van der Waals surface area contributed by atoms with Gasteiger partial charge in [0.15, 0.2) is 0 Å². The Morgan fingerprint density at radius 3 is 2.75 bits per heavy atom. The van der Waals surface area contributed by atoms with Gasteiger partial charge in [0.2, 0.25) is 0 Å². The van der Waals surface area contributed by atoms with Crippen LogP contribution in [0.25, 0.3) is 0 Å². The first-order valence-electron chi connectivity index (χ1n) is 6.76. The minimum absolute atomic E-state index is 0.0698. The van der Waals surface area contributed by atoms with E-state index in [0.29, 0.717) is 12.0 Å². The highest BCUT2D eigenvalue weighted by molar-refractivity contribution is 4.89. The number of hydrogen-bond donors (Lipinski definition) is 1. The molecule has 0 aromatic heterocycles. The molecular weight excluding hydrogens is 202 g/mol. The first-order chi connectivity index (χ1) is 7.79. The Labute approximate surface area is 98.9 Å². The SMILES string of the molecule is CCC1(CC)CNCC(C2CCCOC2)O1. The number of rotatable bonds is 3. The predicted molar refractivity (Wildman–Crippen MR) is 64.6 cm³/mol. The van der Waals surface area contributed by atoms with Crippen LogP contribution in [-0.4, -0.2) is 38.0 Å². The van der Waals surface area contributed by atoms with Gasteiger partial charge in [0.25, 0.3) is 0 Å². The molecule has 0 radical (unpaired) electrons. The molecule has 0 aromatic rings. The summed E-state index contributed by atoms with van der Waals surface area (Å²) in [4.78, 5) is 0. The van der Waals surface area contributed by atoms with Crippen molar-refractivity contribution in [3.63, 3.8) is 0 Å². The second-order valence-electron chi connectivity index (χ2n) is 5.15. The maximum atomic E-state index is 6.37. The van der Waals surface area contributed by atoms with Gasteiger partial charge in [0.05, 0.1) is 18.3 Å². The van der Waals surface area contributed by atoms with Crippen LogP contribution in [0.1, 0.15) is 39.5 Å². The second-order valence-corrected chi connectivity index (χ2v) is 5.15. The highest BCUT2D eigenvalue weighted by Crippen LogP contribution is 2.30. The monoisotopic (exact) mass is 227 g/mol. The van der Waals surface area contributed by atoms with E-state index >= 15 is 0 Å². The lowest BCUT2D eigenvalue weighted by Crippen LogP contribution is -2.56. The van der Waals surface area contributed by atoms with Gasteiger partial charge in [-0.3, -0.25) is 0 Å². The van der Waals surface area contributed by atoms with E-state index in [0.717, 1.165) is 39.1 Å². The number of ether oxygens (including phenoxy) is 2. The normalized spacial score (nSPS) is 34.9. The van der Waals surface area contributed by atoms with E-state index in [1.54, 1.807) is 0 Å². The lowest BCUT2D eigenvalue weighted by atomic mass is 9.90. The molecule has 2 heterocycles. The average molecular weight is 227 g/mol. The fourth-order valence-corrected chi connectivity index (χ4v) is 2.84. The van der Waals surface area contributed by atoms with Crippen molar-refractivity contribution >= 4 is 0 Å². The fraction of sp³-hybridized carbons (Fsp3) is 1.00.